The minimum absolute atomic E-state index is 0.262. The van der Waals surface area contributed by atoms with Gasteiger partial charge >= 0.3 is 0 Å². The lowest BCUT2D eigenvalue weighted by Gasteiger charge is -2.25. The number of hydrogen-bond acceptors (Lipinski definition) is 1. The SMILES string of the molecule is CC(O)(c1ccc(I)cc1)c1cccc(Br)c1F. The first-order valence-corrected chi connectivity index (χ1v) is 7.23. The molecule has 0 bridgehead atoms. The summed E-state index contributed by atoms with van der Waals surface area (Å²) in [6.07, 6.45) is 0. The van der Waals surface area contributed by atoms with E-state index in [9.17, 15) is 9.50 Å². The quantitative estimate of drug-likeness (QED) is 0.711. The molecule has 0 fully saturated rings. The molecule has 0 heterocycles. The zero-order valence-electron chi connectivity index (χ0n) is 9.62. The van der Waals surface area contributed by atoms with Crippen LogP contribution in [0, 0.1) is 9.39 Å². The van der Waals surface area contributed by atoms with Crippen molar-refractivity contribution < 1.29 is 9.50 Å². The highest BCUT2D eigenvalue weighted by molar-refractivity contribution is 14.1. The molecule has 0 aliphatic rings. The van der Waals surface area contributed by atoms with Crippen molar-refractivity contribution in [2.24, 2.45) is 0 Å². The van der Waals surface area contributed by atoms with Gasteiger partial charge in [0.15, 0.2) is 0 Å². The van der Waals surface area contributed by atoms with Crippen LogP contribution in [0.4, 0.5) is 4.39 Å². The molecule has 1 nitrogen and oxygen atoms in total. The largest absolute Gasteiger partial charge is 0.381 e. The van der Waals surface area contributed by atoms with E-state index in [2.05, 4.69) is 38.5 Å². The van der Waals surface area contributed by atoms with Gasteiger partial charge in [-0.15, -0.1) is 0 Å². The fourth-order valence-electron chi connectivity index (χ4n) is 1.81. The third-order valence-corrected chi connectivity index (χ3v) is 4.21. The molecule has 0 saturated heterocycles. The summed E-state index contributed by atoms with van der Waals surface area (Å²) in [4.78, 5) is 0. The highest BCUT2D eigenvalue weighted by atomic mass is 127. The highest BCUT2D eigenvalue weighted by Gasteiger charge is 2.29. The lowest BCUT2D eigenvalue weighted by atomic mass is 9.88. The Kier molecular flexibility index (Phi) is 4.08. The molecular formula is C14H11BrFIO. The van der Waals surface area contributed by atoms with Crippen molar-refractivity contribution in [3.8, 4) is 0 Å². The molecule has 1 atom stereocenters. The van der Waals surface area contributed by atoms with Gasteiger partial charge in [-0.2, -0.15) is 0 Å². The Morgan fingerprint density at radius 3 is 2.39 bits per heavy atom. The van der Waals surface area contributed by atoms with Crippen LogP contribution in [0.25, 0.3) is 0 Å². The van der Waals surface area contributed by atoms with Crippen molar-refractivity contribution in [3.63, 3.8) is 0 Å². The first kappa shape index (κ1) is 14.0. The number of halogens is 3. The lowest BCUT2D eigenvalue weighted by molar-refractivity contribution is 0.0978. The Morgan fingerprint density at radius 2 is 1.78 bits per heavy atom. The van der Waals surface area contributed by atoms with Crippen LogP contribution in [0.5, 0.6) is 0 Å². The summed E-state index contributed by atoms with van der Waals surface area (Å²) in [5.41, 5.74) is -0.420. The fourth-order valence-corrected chi connectivity index (χ4v) is 2.54. The monoisotopic (exact) mass is 420 g/mol. The van der Waals surface area contributed by atoms with Gasteiger partial charge in [-0.25, -0.2) is 4.39 Å². The zero-order chi connectivity index (χ0) is 13.3. The van der Waals surface area contributed by atoms with Crippen LogP contribution >= 0.6 is 38.5 Å². The molecule has 1 unspecified atom stereocenters. The van der Waals surface area contributed by atoms with Gasteiger partial charge in [0.05, 0.1) is 4.47 Å². The predicted octanol–water partition coefficient (Wildman–Crippen LogP) is 4.45. The van der Waals surface area contributed by atoms with Gasteiger partial charge in [0.1, 0.15) is 11.4 Å². The van der Waals surface area contributed by atoms with E-state index in [4.69, 9.17) is 0 Å². The molecular weight excluding hydrogens is 410 g/mol. The predicted molar refractivity (Wildman–Crippen MR) is 81.9 cm³/mol. The van der Waals surface area contributed by atoms with Crippen LogP contribution in [0.1, 0.15) is 18.1 Å². The minimum Gasteiger partial charge on any atom is -0.381 e. The van der Waals surface area contributed by atoms with E-state index in [0.29, 0.717) is 10.0 Å². The average molecular weight is 421 g/mol. The van der Waals surface area contributed by atoms with Crippen molar-refractivity contribution in [1.29, 1.82) is 0 Å². The fraction of sp³-hybridized carbons (Fsp3) is 0.143. The molecule has 2 aromatic carbocycles. The molecule has 0 radical (unpaired) electrons. The first-order valence-electron chi connectivity index (χ1n) is 5.36. The second-order valence-corrected chi connectivity index (χ2v) is 6.28. The molecule has 0 aliphatic carbocycles. The molecule has 0 amide bonds. The first-order chi connectivity index (χ1) is 8.43. The van der Waals surface area contributed by atoms with E-state index in [-0.39, 0.29) is 5.56 Å². The van der Waals surface area contributed by atoms with Gasteiger partial charge in [0.25, 0.3) is 0 Å². The van der Waals surface area contributed by atoms with Gasteiger partial charge in [-0.05, 0) is 69.2 Å². The van der Waals surface area contributed by atoms with E-state index in [1.54, 1.807) is 25.1 Å². The molecule has 0 spiro atoms. The topological polar surface area (TPSA) is 20.2 Å². The summed E-state index contributed by atoms with van der Waals surface area (Å²) in [5.74, 6) is -0.430. The maximum absolute atomic E-state index is 14.1. The number of benzene rings is 2. The molecule has 0 saturated carbocycles. The normalized spacial score (nSPS) is 14.3. The number of rotatable bonds is 2. The van der Waals surface area contributed by atoms with Crippen molar-refractivity contribution in [2.75, 3.05) is 0 Å². The zero-order valence-corrected chi connectivity index (χ0v) is 13.4. The molecule has 4 heteroatoms. The van der Waals surface area contributed by atoms with Crippen molar-refractivity contribution in [3.05, 3.63) is 67.5 Å². The van der Waals surface area contributed by atoms with Crippen molar-refractivity contribution in [2.45, 2.75) is 12.5 Å². The van der Waals surface area contributed by atoms with E-state index >= 15 is 0 Å². The summed E-state index contributed by atoms with van der Waals surface area (Å²) in [7, 11) is 0. The van der Waals surface area contributed by atoms with Crippen LogP contribution in [0.3, 0.4) is 0 Å². The maximum atomic E-state index is 14.1. The minimum atomic E-state index is -1.35. The van der Waals surface area contributed by atoms with Crippen LogP contribution in [-0.4, -0.2) is 5.11 Å². The van der Waals surface area contributed by atoms with Gasteiger partial charge in [-0.1, -0.05) is 24.3 Å². The van der Waals surface area contributed by atoms with E-state index in [1.165, 1.54) is 0 Å². The second kappa shape index (κ2) is 5.27. The summed E-state index contributed by atoms with van der Waals surface area (Å²) < 4.78 is 15.5. The van der Waals surface area contributed by atoms with E-state index in [1.807, 2.05) is 24.3 Å². The van der Waals surface area contributed by atoms with Gasteiger partial charge in [-0.3, -0.25) is 0 Å². The van der Waals surface area contributed by atoms with Gasteiger partial charge in [0.2, 0.25) is 0 Å². The van der Waals surface area contributed by atoms with Crippen molar-refractivity contribution in [1.82, 2.24) is 0 Å². The molecule has 0 aromatic heterocycles. The van der Waals surface area contributed by atoms with Crippen LogP contribution in [-0.2, 0) is 5.60 Å². The smallest absolute Gasteiger partial charge is 0.143 e. The summed E-state index contributed by atoms with van der Waals surface area (Å²) in [6.45, 7) is 1.60. The molecule has 2 aromatic rings. The Hall–Kier alpha value is -0.460. The lowest BCUT2D eigenvalue weighted by Crippen LogP contribution is -2.24. The summed E-state index contributed by atoms with van der Waals surface area (Å²) in [6, 6.07) is 12.3. The standard InChI is InChI=1S/C14H11BrFIO/c1-14(18,9-5-7-10(17)8-6-9)11-3-2-4-12(15)13(11)16/h2-8,18H,1H3. The van der Waals surface area contributed by atoms with Gasteiger partial charge in [0, 0.05) is 9.13 Å². The molecule has 94 valence electrons. The van der Waals surface area contributed by atoms with Crippen molar-refractivity contribution >= 4 is 38.5 Å². The summed E-state index contributed by atoms with van der Waals surface area (Å²) >= 11 is 5.32. The average Bonchev–Trinajstić information content (AvgIpc) is 2.33. The Morgan fingerprint density at radius 1 is 1.17 bits per heavy atom. The number of aliphatic hydroxyl groups is 1. The molecule has 1 N–H and O–H groups in total. The van der Waals surface area contributed by atoms with Crippen LogP contribution < -0.4 is 0 Å². The molecule has 2 rings (SSSR count). The highest BCUT2D eigenvalue weighted by Crippen LogP contribution is 2.33. The summed E-state index contributed by atoms with van der Waals surface area (Å²) in [5, 5.41) is 10.6. The van der Waals surface area contributed by atoms with Gasteiger partial charge < -0.3 is 5.11 Å². The second-order valence-electron chi connectivity index (χ2n) is 4.18. The number of hydrogen-bond donors (Lipinski definition) is 1. The molecule has 0 aliphatic heterocycles. The third kappa shape index (κ3) is 2.60. The van der Waals surface area contributed by atoms with E-state index < -0.39 is 11.4 Å². The van der Waals surface area contributed by atoms with E-state index in [0.717, 1.165) is 3.57 Å². The Labute approximate surface area is 127 Å². The Balaban J connectivity index is 2.54. The third-order valence-electron chi connectivity index (χ3n) is 2.88. The van der Waals surface area contributed by atoms with Crippen LogP contribution in [0.15, 0.2) is 46.9 Å². The molecule has 18 heavy (non-hydrogen) atoms. The van der Waals surface area contributed by atoms with Crippen LogP contribution in [0.2, 0.25) is 0 Å². The maximum Gasteiger partial charge on any atom is 0.143 e. The Bertz CT molecular complexity index is 567.